The van der Waals surface area contributed by atoms with Crippen molar-refractivity contribution in [3.05, 3.63) is 23.8 Å². The van der Waals surface area contributed by atoms with Gasteiger partial charge in [0.2, 0.25) is 10.0 Å². The van der Waals surface area contributed by atoms with Crippen molar-refractivity contribution in [2.24, 2.45) is 0 Å². The van der Waals surface area contributed by atoms with E-state index < -0.39 is 10.0 Å². The fourth-order valence-electron chi connectivity index (χ4n) is 2.68. The van der Waals surface area contributed by atoms with Crippen LogP contribution in [-0.2, 0) is 10.0 Å². The van der Waals surface area contributed by atoms with Crippen LogP contribution >= 0.6 is 0 Å². The Labute approximate surface area is 127 Å². The van der Waals surface area contributed by atoms with E-state index in [4.69, 9.17) is 5.73 Å². The van der Waals surface area contributed by atoms with Gasteiger partial charge in [-0.1, -0.05) is 12.5 Å². The lowest BCUT2D eigenvalue weighted by Gasteiger charge is -2.26. The molecule has 2 rings (SSSR count). The summed E-state index contributed by atoms with van der Waals surface area (Å²) in [6.45, 7) is 5.56. The van der Waals surface area contributed by atoms with Crippen molar-refractivity contribution in [2.45, 2.75) is 37.5 Å². The van der Waals surface area contributed by atoms with Crippen molar-refractivity contribution < 1.29 is 8.42 Å². The lowest BCUT2D eigenvalue weighted by Crippen LogP contribution is -2.33. The predicted octanol–water partition coefficient (Wildman–Crippen LogP) is 1.73. The molecule has 1 fully saturated rings. The SMILES string of the molecule is Cc1ccc(S(=O)(=O)NCCCN2CCCCC2)c(N)c1. The van der Waals surface area contributed by atoms with Gasteiger partial charge in [0, 0.05) is 6.54 Å². The van der Waals surface area contributed by atoms with Crippen LogP contribution in [0.25, 0.3) is 0 Å². The van der Waals surface area contributed by atoms with Crippen LogP contribution in [0.4, 0.5) is 5.69 Å². The summed E-state index contributed by atoms with van der Waals surface area (Å²) in [6.07, 6.45) is 4.65. The molecule has 0 unspecified atom stereocenters. The van der Waals surface area contributed by atoms with Gasteiger partial charge in [-0.3, -0.25) is 0 Å². The lowest BCUT2D eigenvalue weighted by molar-refractivity contribution is 0.227. The van der Waals surface area contributed by atoms with Crippen molar-refractivity contribution >= 4 is 15.7 Å². The van der Waals surface area contributed by atoms with E-state index in [-0.39, 0.29) is 4.90 Å². The maximum atomic E-state index is 12.2. The minimum absolute atomic E-state index is 0.172. The number of piperidine rings is 1. The van der Waals surface area contributed by atoms with Crippen molar-refractivity contribution in [2.75, 3.05) is 31.9 Å². The fourth-order valence-corrected chi connectivity index (χ4v) is 3.87. The number of nitrogens with two attached hydrogens (primary N) is 1. The van der Waals surface area contributed by atoms with E-state index in [0.717, 1.165) is 31.6 Å². The first-order valence-electron chi connectivity index (χ1n) is 7.57. The summed E-state index contributed by atoms with van der Waals surface area (Å²) < 4.78 is 27.1. The highest BCUT2D eigenvalue weighted by molar-refractivity contribution is 7.89. The van der Waals surface area contributed by atoms with E-state index in [1.54, 1.807) is 18.2 Å². The monoisotopic (exact) mass is 311 g/mol. The zero-order chi connectivity index (χ0) is 15.3. The molecule has 6 heteroatoms. The summed E-state index contributed by atoms with van der Waals surface area (Å²) in [4.78, 5) is 2.57. The highest BCUT2D eigenvalue weighted by Gasteiger charge is 2.17. The van der Waals surface area contributed by atoms with E-state index >= 15 is 0 Å². The summed E-state index contributed by atoms with van der Waals surface area (Å²) in [5, 5.41) is 0. The Hall–Kier alpha value is -1.11. The number of nitrogen functional groups attached to an aromatic ring is 1. The Bertz CT molecular complexity index is 566. The summed E-state index contributed by atoms with van der Waals surface area (Å²) in [6, 6.07) is 5.01. The van der Waals surface area contributed by atoms with E-state index in [2.05, 4.69) is 9.62 Å². The average Bonchev–Trinajstić information content (AvgIpc) is 2.44. The normalized spacial score (nSPS) is 17.0. The molecule has 0 atom stereocenters. The number of nitrogens with one attached hydrogen (secondary N) is 1. The molecule has 1 heterocycles. The Morgan fingerprint density at radius 2 is 1.95 bits per heavy atom. The van der Waals surface area contributed by atoms with Crippen LogP contribution in [0.2, 0.25) is 0 Å². The third-order valence-electron chi connectivity index (χ3n) is 3.85. The van der Waals surface area contributed by atoms with E-state index in [0.29, 0.717) is 12.2 Å². The Morgan fingerprint density at radius 1 is 1.24 bits per heavy atom. The molecule has 0 aliphatic carbocycles. The van der Waals surface area contributed by atoms with Gasteiger partial charge in [0.05, 0.1) is 5.69 Å². The molecule has 0 bridgehead atoms. The molecule has 0 amide bonds. The second-order valence-corrected chi connectivity index (χ2v) is 7.43. The molecule has 0 aromatic heterocycles. The van der Waals surface area contributed by atoms with Gasteiger partial charge in [-0.25, -0.2) is 13.1 Å². The molecule has 3 N–H and O–H groups in total. The largest absolute Gasteiger partial charge is 0.398 e. The number of sulfonamides is 1. The van der Waals surface area contributed by atoms with E-state index in [9.17, 15) is 8.42 Å². The molecule has 0 saturated carbocycles. The maximum absolute atomic E-state index is 12.2. The quantitative estimate of drug-likeness (QED) is 0.620. The van der Waals surface area contributed by atoms with Gasteiger partial charge in [0.25, 0.3) is 0 Å². The van der Waals surface area contributed by atoms with Gasteiger partial charge in [-0.2, -0.15) is 0 Å². The molecular weight excluding hydrogens is 286 g/mol. The number of hydrogen-bond acceptors (Lipinski definition) is 4. The zero-order valence-corrected chi connectivity index (χ0v) is 13.5. The van der Waals surface area contributed by atoms with Crippen LogP contribution < -0.4 is 10.5 Å². The molecule has 1 aliphatic rings. The van der Waals surface area contributed by atoms with Crippen LogP contribution in [0.15, 0.2) is 23.1 Å². The third kappa shape index (κ3) is 4.69. The zero-order valence-electron chi connectivity index (χ0n) is 12.6. The molecular formula is C15H25N3O2S. The molecule has 1 aliphatic heterocycles. The van der Waals surface area contributed by atoms with Crippen molar-refractivity contribution in [1.82, 2.24) is 9.62 Å². The summed E-state index contributed by atoms with van der Waals surface area (Å²) in [5.74, 6) is 0. The molecule has 1 aromatic carbocycles. The Kier molecular flexibility index (Phi) is 5.61. The minimum Gasteiger partial charge on any atom is -0.398 e. The molecule has 0 radical (unpaired) electrons. The second-order valence-electron chi connectivity index (χ2n) is 5.69. The van der Waals surface area contributed by atoms with Gasteiger partial charge in [-0.05, 0) is 63.5 Å². The van der Waals surface area contributed by atoms with Crippen molar-refractivity contribution in [1.29, 1.82) is 0 Å². The number of hydrogen-bond donors (Lipinski definition) is 2. The van der Waals surface area contributed by atoms with Gasteiger partial charge in [0.15, 0.2) is 0 Å². The highest BCUT2D eigenvalue weighted by Crippen LogP contribution is 2.19. The molecule has 21 heavy (non-hydrogen) atoms. The van der Waals surface area contributed by atoms with E-state index in [1.807, 2.05) is 6.92 Å². The van der Waals surface area contributed by atoms with Crippen LogP contribution in [-0.4, -0.2) is 39.5 Å². The molecule has 1 aromatic rings. The number of rotatable bonds is 6. The van der Waals surface area contributed by atoms with Gasteiger partial charge >= 0.3 is 0 Å². The van der Waals surface area contributed by atoms with Gasteiger partial charge in [0.1, 0.15) is 4.90 Å². The highest BCUT2D eigenvalue weighted by atomic mass is 32.2. The lowest BCUT2D eigenvalue weighted by atomic mass is 10.1. The molecule has 1 saturated heterocycles. The smallest absolute Gasteiger partial charge is 0.242 e. The number of anilines is 1. The first-order chi connectivity index (χ1) is 9.99. The van der Waals surface area contributed by atoms with Gasteiger partial charge < -0.3 is 10.6 Å². The maximum Gasteiger partial charge on any atom is 0.242 e. The average molecular weight is 311 g/mol. The number of nitrogens with zero attached hydrogens (tertiary/aromatic N) is 1. The second kappa shape index (κ2) is 7.24. The Morgan fingerprint density at radius 3 is 2.62 bits per heavy atom. The topological polar surface area (TPSA) is 75.4 Å². The molecule has 118 valence electrons. The van der Waals surface area contributed by atoms with Crippen molar-refractivity contribution in [3.8, 4) is 0 Å². The fraction of sp³-hybridized carbons (Fsp3) is 0.600. The number of aryl methyl sites for hydroxylation is 1. The summed E-state index contributed by atoms with van der Waals surface area (Å²) >= 11 is 0. The number of likely N-dealkylation sites (tertiary alicyclic amines) is 1. The van der Waals surface area contributed by atoms with Crippen LogP contribution in [0.1, 0.15) is 31.2 Å². The summed E-state index contributed by atoms with van der Waals surface area (Å²) in [5.41, 5.74) is 7.06. The first kappa shape index (κ1) is 16.3. The minimum atomic E-state index is -3.50. The first-order valence-corrected chi connectivity index (χ1v) is 9.05. The van der Waals surface area contributed by atoms with Crippen LogP contribution in [0.5, 0.6) is 0 Å². The number of benzene rings is 1. The van der Waals surface area contributed by atoms with Gasteiger partial charge in [-0.15, -0.1) is 0 Å². The summed E-state index contributed by atoms with van der Waals surface area (Å²) in [7, 11) is -3.50. The molecule has 5 nitrogen and oxygen atoms in total. The molecule has 0 spiro atoms. The van der Waals surface area contributed by atoms with Crippen LogP contribution in [0, 0.1) is 6.92 Å². The van der Waals surface area contributed by atoms with E-state index in [1.165, 1.54) is 19.3 Å². The standard InChI is InChI=1S/C15H25N3O2S/c1-13-6-7-15(14(16)12-13)21(19,20)17-8-5-11-18-9-3-2-4-10-18/h6-7,12,17H,2-5,8-11,16H2,1H3. The van der Waals surface area contributed by atoms with Crippen LogP contribution in [0.3, 0.4) is 0 Å². The third-order valence-corrected chi connectivity index (χ3v) is 5.38. The Balaban J connectivity index is 1.83. The predicted molar refractivity (Wildman–Crippen MR) is 85.7 cm³/mol. The van der Waals surface area contributed by atoms with Crippen molar-refractivity contribution in [3.63, 3.8) is 0 Å².